The molecule has 0 saturated heterocycles. The smallest absolute Gasteiger partial charge is 0.410 e. The molecular weight excluding hydrogens is 620 g/mol. The van der Waals surface area contributed by atoms with E-state index < -0.39 is 8.32 Å². The van der Waals surface area contributed by atoms with Crippen molar-refractivity contribution < 1.29 is 14.0 Å². The van der Waals surface area contributed by atoms with Crippen LogP contribution >= 0.6 is 11.6 Å². The van der Waals surface area contributed by atoms with E-state index in [2.05, 4.69) is 130 Å². The molecule has 47 heavy (non-hydrogen) atoms. The van der Waals surface area contributed by atoms with Gasteiger partial charge in [-0.1, -0.05) is 129 Å². The normalized spacial score (nSPS) is 13.5. The van der Waals surface area contributed by atoms with Crippen LogP contribution in [0.4, 0.5) is 4.79 Å². The molecule has 0 aliphatic heterocycles. The maximum Gasteiger partial charge on any atom is 0.410 e. The number of carbonyl (C=O) groups excluding carboxylic acids is 1. The molecule has 3 aromatic carbocycles. The number of ether oxygens (including phenoxy) is 1. The number of alkyl halides is 1. The summed E-state index contributed by atoms with van der Waals surface area (Å²) in [4.78, 5) is 17.1. The molecule has 3 rings (SSSR count). The van der Waals surface area contributed by atoms with Crippen molar-refractivity contribution in [2.45, 2.75) is 85.1 Å². The van der Waals surface area contributed by atoms with Crippen LogP contribution in [0.5, 0.6) is 0 Å². The highest BCUT2D eigenvalue weighted by Gasteiger charge is 2.50. The van der Waals surface area contributed by atoms with Crippen LogP contribution in [-0.4, -0.2) is 68.0 Å². The monoisotopic (exact) mass is 674 g/mol. The van der Waals surface area contributed by atoms with Gasteiger partial charge in [0.25, 0.3) is 8.32 Å². The lowest BCUT2D eigenvalue weighted by Crippen LogP contribution is -2.67. The number of carbonyl (C=O) groups is 1. The zero-order valence-corrected chi connectivity index (χ0v) is 31.4. The molecule has 1 atom stereocenters. The number of amides is 1. The van der Waals surface area contributed by atoms with Gasteiger partial charge in [-0.15, -0.1) is 11.6 Å². The van der Waals surface area contributed by atoms with E-state index in [-0.39, 0.29) is 35.9 Å². The van der Waals surface area contributed by atoms with Crippen LogP contribution in [0.2, 0.25) is 5.04 Å². The van der Waals surface area contributed by atoms with Gasteiger partial charge in [0, 0.05) is 31.1 Å². The standard InChI is InChI=1S/C40H55ClN2O3Si/c1-32(2)43(33(3)4)39(44)45-28-18-21-36(42(27-26-34(5)29-41)30-35-19-12-9-13-20-35)31-46-47(40(6,7)8,37-22-14-10-15-23-37)38-24-16-11-17-25-38/h9-26,32-33,36H,27-31H2,1-8H3/b21-18+,34-26+. The quantitative estimate of drug-likeness (QED) is 0.0869. The van der Waals surface area contributed by atoms with Gasteiger partial charge in [0.05, 0.1) is 12.6 Å². The van der Waals surface area contributed by atoms with Crippen molar-refractivity contribution in [2.75, 3.05) is 25.6 Å². The maximum atomic E-state index is 13.0. The third kappa shape index (κ3) is 10.7. The molecule has 0 aliphatic carbocycles. The van der Waals surface area contributed by atoms with E-state index in [1.54, 1.807) is 4.90 Å². The molecule has 0 N–H and O–H groups in total. The summed E-state index contributed by atoms with van der Waals surface area (Å²) in [5, 5.41) is 2.33. The molecule has 1 unspecified atom stereocenters. The van der Waals surface area contributed by atoms with E-state index in [1.807, 2.05) is 39.8 Å². The van der Waals surface area contributed by atoms with Crippen molar-refractivity contribution in [3.05, 3.63) is 120 Å². The van der Waals surface area contributed by atoms with Gasteiger partial charge >= 0.3 is 6.09 Å². The summed E-state index contributed by atoms with van der Waals surface area (Å²) in [5.74, 6) is 0.483. The Hall–Kier alpha value is -3.16. The molecule has 0 aromatic heterocycles. The van der Waals surface area contributed by atoms with E-state index in [1.165, 1.54) is 15.9 Å². The fourth-order valence-corrected chi connectivity index (χ4v) is 10.8. The first-order valence-electron chi connectivity index (χ1n) is 16.8. The lowest BCUT2D eigenvalue weighted by atomic mass is 10.1. The fourth-order valence-electron chi connectivity index (χ4n) is 6.14. The first kappa shape index (κ1) is 38.3. The van der Waals surface area contributed by atoms with Gasteiger partial charge in [0.15, 0.2) is 0 Å². The Morgan fingerprint density at radius 2 is 1.36 bits per heavy atom. The van der Waals surface area contributed by atoms with Gasteiger partial charge in [-0.05, 0) is 61.7 Å². The van der Waals surface area contributed by atoms with Crippen LogP contribution in [0.3, 0.4) is 0 Å². The minimum atomic E-state index is -2.80. The molecule has 0 fully saturated rings. The van der Waals surface area contributed by atoms with Crippen LogP contribution in [0.25, 0.3) is 0 Å². The molecule has 0 bridgehead atoms. The molecule has 0 aliphatic rings. The molecule has 0 heterocycles. The average Bonchev–Trinajstić information content (AvgIpc) is 3.04. The fraction of sp³-hybridized carbons (Fsp3) is 0.425. The molecule has 5 nitrogen and oxygen atoms in total. The lowest BCUT2D eigenvalue weighted by Gasteiger charge is -2.44. The number of halogens is 1. The molecule has 254 valence electrons. The van der Waals surface area contributed by atoms with Crippen LogP contribution < -0.4 is 10.4 Å². The summed E-state index contributed by atoms with van der Waals surface area (Å²) in [5.41, 5.74) is 2.33. The van der Waals surface area contributed by atoms with Crippen molar-refractivity contribution in [2.24, 2.45) is 0 Å². The summed E-state index contributed by atoms with van der Waals surface area (Å²) < 4.78 is 13.2. The van der Waals surface area contributed by atoms with E-state index in [0.29, 0.717) is 19.0 Å². The Morgan fingerprint density at radius 1 is 0.851 bits per heavy atom. The van der Waals surface area contributed by atoms with Crippen molar-refractivity contribution >= 4 is 36.4 Å². The van der Waals surface area contributed by atoms with Crippen molar-refractivity contribution in [1.29, 1.82) is 0 Å². The third-order valence-corrected chi connectivity index (χ3v) is 13.9. The topological polar surface area (TPSA) is 42.0 Å². The van der Waals surface area contributed by atoms with Crippen molar-refractivity contribution in [3.63, 3.8) is 0 Å². The Bertz CT molecular complexity index is 1360. The van der Waals surface area contributed by atoms with Crippen molar-refractivity contribution in [1.82, 2.24) is 9.80 Å². The van der Waals surface area contributed by atoms with Gasteiger partial charge in [-0.3, -0.25) is 4.90 Å². The predicted molar refractivity (Wildman–Crippen MR) is 201 cm³/mol. The van der Waals surface area contributed by atoms with E-state index in [4.69, 9.17) is 20.8 Å². The van der Waals surface area contributed by atoms with Gasteiger partial charge in [-0.2, -0.15) is 0 Å². The minimum Gasteiger partial charge on any atom is -0.445 e. The zero-order chi connectivity index (χ0) is 34.5. The predicted octanol–water partition coefficient (Wildman–Crippen LogP) is 8.43. The van der Waals surface area contributed by atoms with Crippen molar-refractivity contribution in [3.8, 4) is 0 Å². The van der Waals surface area contributed by atoms with Gasteiger partial charge in [0.1, 0.15) is 6.61 Å². The highest BCUT2D eigenvalue weighted by Crippen LogP contribution is 2.37. The van der Waals surface area contributed by atoms with Crippen LogP contribution in [0.15, 0.2) is 115 Å². The van der Waals surface area contributed by atoms with Crippen LogP contribution in [0, 0.1) is 0 Å². The number of benzene rings is 3. The molecule has 3 aromatic rings. The SMILES string of the molecule is C/C(=C\CN(Cc1ccccc1)C(/C=C/COC(=O)N(C(C)C)C(C)C)CO[Si](c1ccccc1)(c1ccccc1)C(C)(C)C)CCl. The van der Waals surface area contributed by atoms with Gasteiger partial charge < -0.3 is 14.1 Å². The van der Waals surface area contributed by atoms with E-state index in [9.17, 15) is 4.79 Å². The van der Waals surface area contributed by atoms with E-state index in [0.717, 1.165) is 12.1 Å². The summed E-state index contributed by atoms with van der Waals surface area (Å²) in [6.45, 7) is 19.0. The Balaban J connectivity index is 2.05. The maximum absolute atomic E-state index is 13.0. The highest BCUT2D eigenvalue weighted by molar-refractivity contribution is 6.99. The molecule has 7 heteroatoms. The number of hydrogen-bond donors (Lipinski definition) is 0. The summed E-state index contributed by atoms with van der Waals surface area (Å²) in [6.07, 6.45) is 6.00. The molecule has 0 spiro atoms. The number of hydrogen-bond acceptors (Lipinski definition) is 4. The lowest BCUT2D eigenvalue weighted by molar-refractivity contribution is 0.0873. The largest absolute Gasteiger partial charge is 0.445 e. The Labute approximate surface area is 290 Å². The molecule has 0 saturated carbocycles. The number of nitrogens with zero attached hydrogens (tertiary/aromatic N) is 2. The summed E-state index contributed by atoms with van der Waals surface area (Å²) in [6, 6.07) is 32.0. The minimum absolute atomic E-state index is 0.0532. The van der Waals surface area contributed by atoms with Crippen LogP contribution in [-0.2, 0) is 15.7 Å². The second kappa shape index (κ2) is 18.4. The highest BCUT2D eigenvalue weighted by atomic mass is 35.5. The van der Waals surface area contributed by atoms with E-state index >= 15 is 0 Å². The molecule has 0 radical (unpaired) electrons. The summed E-state index contributed by atoms with van der Waals surface area (Å²) >= 11 is 6.21. The second-order valence-corrected chi connectivity index (χ2v) is 18.3. The Kier molecular flexibility index (Phi) is 15.0. The molecule has 1 amide bonds. The summed E-state index contributed by atoms with van der Waals surface area (Å²) in [7, 11) is -2.80. The zero-order valence-electron chi connectivity index (χ0n) is 29.7. The van der Waals surface area contributed by atoms with Gasteiger partial charge in [0.2, 0.25) is 0 Å². The molecular formula is C40H55ClN2O3Si. The van der Waals surface area contributed by atoms with Gasteiger partial charge in [-0.25, -0.2) is 4.79 Å². The second-order valence-electron chi connectivity index (χ2n) is 13.7. The number of allylic oxidation sites excluding steroid dienone is 1. The average molecular weight is 675 g/mol. The Morgan fingerprint density at radius 3 is 1.83 bits per heavy atom. The first-order chi connectivity index (χ1) is 22.4. The number of rotatable bonds is 16. The third-order valence-electron chi connectivity index (χ3n) is 8.45. The first-order valence-corrected chi connectivity index (χ1v) is 19.2. The van der Waals surface area contributed by atoms with Crippen LogP contribution in [0.1, 0.15) is 61.0 Å².